The molecule has 0 atom stereocenters. The Hall–Kier alpha value is -7.56. The summed E-state index contributed by atoms with van der Waals surface area (Å²) in [6, 6.07) is 70.6. The molecule has 3 heterocycles. The highest BCUT2D eigenvalue weighted by Gasteiger charge is 2.19. The SMILES string of the molecule is c1ccc(-c2ccc3c(c2)c2cc(-c4cccc(-c5cccc(-c6nc(-c7ccccc7)nc7c6oc6ccccc67)c5)c4)ccc2n3-c2ccccc2)cc1. The van der Waals surface area contributed by atoms with Crippen molar-refractivity contribution in [1.29, 1.82) is 0 Å². The monoisotopic (exact) mass is 715 g/mol. The minimum Gasteiger partial charge on any atom is -0.452 e. The zero-order valence-electron chi connectivity index (χ0n) is 30.3. The Morgan fingerprint density at radius 3 is 1.52 bits per heavy atom. The van der Waals surface area contributed by atoms with Crippen molar-refractivity contribution in [1.82, 2.24) is 14.5 Å². The quantitative estimate of drug-likeness (QED) is 0.172. The van der Waals surface area contributed by atoms with E-state index in [1.807, 2.05) is 48.5 Å². The topological polar surface area (TPSA) is 43.9 Å². The molecule has 11 aromatic rings. The van der Waals surface area contributed by atoms with Crippen LogP contribution >= 0.6 is 0 Å². The van der Waals surface area contributed by atoms with Crippen LogP contribution in [0.1, 0.15) is 0 Å². The van der Waals surface area contributed by atoms with Crippen molar-refractivity contribution < 1.29 is 4.42 Å². The molecule has 0 aliphatic heterocycles. The van der Waals surface area contributed by atoms with E-state index in [4.69, 9.17) is 14.4 Å². The molecule has 4 heteroatoms. The van der Waals surface area contributed by atoms with Crippen LogP contribution in [0.2, 0.25) is 0 Å². The van der Waals surface area contributed by atoms with Crippen molar-refractivity contribution in [2.75, 3.05) is 0 Å². The van der Waals surface area contributed by atoms with E-state index in [1.54, 1.807) is 0 Å². The first-order chi connectivity index (χ1) is 27.7. The van der Waals surface area contributed by atoms with E-state index in [2.05, 4.69) is 156 Å². The molecule has 0 bridgehead atoms. The van der Waals surface area contributed by atoms with Gasteiger partial charge in [-0.3, -0.25) is 0 Å². The highest BCUT2D eigenvalue weighted by atomic mass is 16.3. The van der Waals surface area contributed by atoms with Crippen molar-refractivity contribution in [2.45, 2.75) is 0 Å². The van der Waals surface area contributed by atoms with Gasteiger partial charge in [-0.15, -0.1) is 0 Å². The lowest BCUT2D eigenvalue weighted by molar-refractivity contribution is 0.667. The van der Waals surface area contributed by atoms with Gasteiger partial charge in [-0.1, -0.05) is 140 Å². The van der Waals surface area contributed by atoms with Crippen molar-refractivity contribution >= 4 is 43.9 Å². The fourth-order valence-corrected chi connectivity index (χ4v) is 8.10. The Morgan fingerprint density at radius 1 is 0.357 bits per heavy atom. The predicted octanol–water partition coefficient (Wildman–Crippen LogP) is 13.8. The molecule has 8 aromatic carbocycles. The zero-order valence-corrected chi connectivity index (χ0v) is 30.3. The fraction of sp³-hybridized carbons (Fsp3) is 0. The molecule has 0 radical (unpaired) electrons. The first kappa shape index (κ1) is 31.9. The van der Waals surface area contributed by atoms with Gasteiger partial charge in [0.15, 0.2) is 11.4 Å². The molecule has 11 rings (SSSR count). The van der Waals surface area contributed by atoms with Crippen LogP contribution in [0.4, 0.5) is 0 Å². The van der Waals surface area contributed by atoms with Crippen molar-refractivity contribution in [3.8, 4) is 61.7 Å². The van der Waals surface area contributed by atoms with E-state index in [9.17, 15) is 0 Å². The zero-order chi connectivity index (χ0) is 37.0. The summed E-state index contributed by atoms with van der Waals surface area (Å²) < 4.78 is 8.83. The van der Waals surface area contributed by atoms with Crippen LogP contribution in [0.15, 0.2) is 205 Å². The number of nitrogens with zero attached hydrogens (tertiary/aromatic N) is 3. The van der Waals surface area contributed by atoms with E-state index in [-0.39, 0.29) is 0 Å². The predicted molar refractivity (Wildman–Crippen MR) is 231 cm³/mol. The molecule has 0 fully saturated rings. The van der Waals surface area contributed by atoms with E-state index >= 15 is 0 Å². The van der Waals surface area contributed by atoms with Gasteiger partial charge in [-0.05, 0) is 94.0 Å². The summed E-state index contributed by atoms with van der Waals surface area (Å²) in [6.07, 6.45) is 0. The number of hydrogen-bond donors (Lipinski definition) is 0. The smallest absolute Gasteiger partial charge is 0.180 e. The first-order valence-corrected chi connectivity index (χ1v) is 18.9. The van der Waals surface area contributed by atoms with E-state index in [0.717, 1.165) is 55.7 Å². The molecule has 0 N–H and O–H groups in total. The van der Waals surface area contributed by atoms with Gasteiger partial charge in [0.25, 0.3) is 0 Å². The molecule has 0 saturated carbocycles. The van der Waals surface area contributed by atoms with Gasteiger partial charge in [-0.25, -0.2) is 9.97 Å². The summed E-state index contributed by atoms with van der Waals surface area (Å²) in [5, 5.41) is 3.43. The molecule has 4 nitrogen and oxygen atoms in total. The van der Waals surface area contributed by atoms with E-state index in [1.165, 1.54) is 38.5 Å². The van der Waals surface area contributed by atoms with Crippen molar-refractivity contribution in [3.05, 3.63) is 200 Å². The average Bonchev–Trinajstić information content (AvgIpc) is 3.82. The average molecular weight is 716 g/mol. The van der Waals surface area contributed by atoms with Gasteiger partial charge in [-0.2, -0.15) is 0 Å². The largest absolute Gasteiger partial charge is 0.452 e. The number of fused-ring (bicyclic) bond motifs is 6. The van der Waals surface area contributed by atoms with Crippen LogP contribution in [0, 0.1) is 0 Å². The Balaban J connectivity index is 1.04. The minimum absolute atomic E-state index is 0.673. The minimum atomic E-state index is 0.673. The maximum absolute atomic E-state index is 6.45. The molecule has 0 aliphatic carbocycles. The summed E-state index contributed by atoms with van der Waals surface area (Å²) in [7, 11) is 0. The Labute approximate surface area is 323 Å². The third kappa shape index (κ3) is 5.39. The summed E-state index contributed by atoms with van der Waals surface area (Å²) in [4.78, 5) is 10.2. The molecule has 0 amide bonds. The first-order valence-electron chi connectivity index (χ1n) is 18.9. The summed E-state index contributed by atoms with van der Waals surface area (Å²) >= 11 is 0. The number of benzene rings is 8. The van der Waals surface area contributed by atoms with Crippen LogP contribution < -0.4 is 0 Å². The number of rotatable bonds is 6. The lowest BCUT2D eigenvalue weighted by atomic mass is 9.96. The molecule has 262 valence electrons. The van der Waals surface area contributed by atoms with E-state index < -0.39 is 0 Å². The van der Waals surface area contributed by atoms with Crippen molar-refractivity contribution in [2.24, 2.45) is 0 Å². The lowest BCUT2D eigenvalue weighted by Crippen LogP contribution is -1.94. The summed E-state index contributed by atoms with van der Waals surface area (Å²) in [6.45, 7) is 0. The van der Waals surface area contributed by atoms with Crippen LogP contribution in [-0.4, -0.2) is 14.5 Å². The van der Waals surface area contributed by atoms with Crippen LogP contribution in [0.25, 0.3) is 106 Å². The molecular formula is C52H33N3O. The molecular weight excluding hydrogens is 683 g/mol. The molecule has 0 unspecified atom stereocenters. The Bertz CT molecular complexity index is 3240. The van der Waals surface area contributed by atoms with Gasteiger partial charge in [0, 0.05) is 33.0 Å². The van der Waals surface area contributed by atoms with Crippen LogP contribution in [-0.2, 0) is 0 Å². The molecule has 0 spiro atoms. The van der Waals surface area contributed by atoms with Crippen LogP contribution in [0.5, 0.6) is 0 Å². The Morgan fingerprint density at radius 2 is 0.857 bits per heavy atom. The fourth-order valence-electron chi connectivity index (χ4n) is 8.10. The normalized spacial score (nSPS) is 11.6. The second kappa shape index (κ2) is 13.1. The standard InChI is InChI=1S/C52H33N3O/c1-4-14-34(15-5-1)39-26-28-46-44(32-39)45-33-40(27-29-47(45)55(46)42-22-8-3-9-23-42)37-19-12-18-36(30-37)38-20-13-21-41(31-38)49-51-50(43-24-10-11-25-48(43)56-51)54-52(53-49)35-16-6-2-7-17-35/h1-33H. The van der Waals surface area contributed by atoms with Gasteiger partial charge in [0.05, 0.1) is 11.0 Å². The number of aromatic nitrogens is 3. The Kier molecular flexibility index (Phi) is 7.46. The molecule has 56 heavy (non-hydrogen) atoms. The maximum Gasteiger partial charge on any atom is 0.180 e. The molecule has 3 aromatic heterocycles. The van der Waals surface area contributed by atoms with Gasteiger partial charge in [0.2, 0.25) is 0 Å². The number of furan rings is 1. The van der Waals surface area contributed by atoms with Crippen LogP contribution in [0.3, 0.4) is 0 Å². The van der Waals surface area contributed by atoms with Gasteiger partial charge in [0.1, 0.15) is 16.8 Å². The second-order valence-electron chi connectivity index (χ2n) is 14.2. The lowest BCUT2D eigenvalue weighted by Gasteiger charge is -2.10. The van der Waals surface area contributed by atoms with Gasteiger partial charge >= 0.3 is 0 Å². The van der Waals surface area contributed by atoms with E-state index in [0.29, 0.717) is 11.4 Å². The third-order valence-electron chi connectivity index (χ3n) is 10.8. The second-order valence-corrected chi connectivity index (χ2v) is 14.2. The summed E-state index contributed by atoms with van der Waals surface area (Å²) in [5.74, 6) is 0.673. The number of para-hydroxylation sites is 2. The molecule has 0 saturated heterocycles. The number of hydrogen-bond acceptors (Lipinski definition) is 3. The summed E-state index contributed by atoms with van der Waals surface area (Å²) in [5.41, 5.74) is 15.5. The maximum atomic E-state index is 6.45. The highest BCUT2D eigenvalue weighted by molar-refractivity contribution is 6.12. The third-order valence-corrected chi connectivity index (χ3v) is 10.8. The van der Waals surface area contributed by atoms with Crippen molar-refractivity contribution in [3.63, 3.8) is 0 Å². The van der Waals surface area contributed by atoms with Gasteiger partial charge < -0.3 is 8.98 Å². The molecule has 0 aliphatic rings. The highest BCUT2D eigenvalue weighted by Crippen LogP contribution is 2.39.